The van der Waals surface area contributed by atoms with E-state index in [2.05, 4.69) is 161 Å². The summed E-state index contributed by atoms with van der Waals surface area (Å²) in [7, 11) is 0. The van der Waals surface area contributed by atoms with E-state index in [9.17, 15) is 0 Å². The zero-order valence-electron chi connectivity index (χ0n) is 33.1. The average molecular weight is 745 g/mol. The second-order valence-corrected chi connectivity index (χ2v) is 16.6. The minimum absolute atomic E-state index is 0.00300. The number of para-hydroxylation sites is 1. The lowest BCUT2D eigenvalue weighted by atomic mass is 9.74. The summed E-state index contributed by atoms with van der Waals surface area (Å²) in [5.41, 5.74) is 12.1. The van der Waals surface area contributed by atoms with E-state index in [0.717, 1.165) is 50.4 Å². The van der Waals surface area contributed by atoms with E-state index in [1.165, 1.54) is 33.2 Å². The Bertz CT molecular complexity index is 2840. The van der Waals surface area contributed by atoms with E-state index in [0.29, 0.717) is 11.6 Å². The summed E-state index contributed by atoms with van der Waals surface area (Å²) in [6, 6.07) is 46.7. The Hall–Kier alpha value is -6.53. The maximum Gasteiger partial charge on any atom is 0.217 e. The molecule has 3 aromatic heterocycles. The third-order valence-electron chi connectivity index (χ3n) is 11.9. The molecule has 0 radical (unpaired) electrons. The Morgan fingerprint density at radius 3 is 2.12 bits per heavy atom. The van der Waals surface area contributed by atoms with Crippen molar-refractivity contribution in [2.45, 2.75) is 64.5 Å². The fourth-order valence-corrected chi connectivity index (χ4v) is 9.10. The summed E-state index contributed by atoms with van der Waals surface area (Å²) in [6.07, 6.45) is 3.78. The SMILES string of the molecule is Cc1cnc2c(c1)c1cccc3c1n2-c1cc(Oc2cc(C4=N[C@H](C(c5ccccc5)c5ccccc5)C(C)(C)O4)cc(-c4ccccn4)c2)c(C)cc1C3(C)C. The zero-order valence-corrected chi connectivity index (χ0v) is 33.1. The summed E-state index contributed by atoms with van der Waals surface area (Å²) >= 11 is 0. The van der Waals surface area contributed by atoms with Crippen LogP contribution in [0.25, 0.3) is 38.9 Å². The van der Waals surface area contributed by atoms with Gasteiger partial charge in [-0.15, -0.1) is 0 Å². The molecule has 0 aliphatic carbocycles. The highest BCUT2D eigenvalue weighted by Gasteiger charge is 2.45. The van der Waals surface area contributed by atoms with Crippen LogP contribution in [0.1, 0.15) is 72.6 Å². The second-order valence-electron chi connectivity index (χ2n) is 16.6. The third-order valence-corrected chi connectivity index (χ3v) is 11.9. The molecule has 6 nitrogen and oxygen atoms in total. The molecule has 57 heavy (non-hydrogen) atoms. The average Bonchev–Trinajstić information content (AvgIpc) is 3.72. The quantitative estimate of drug-likeness (QED) is 0.163. The van der Waals surface area contributed by atoms with E-state index in [-0.39, 0.29) is 17.4 Å². The van der Waals surface area contributed by atoms with Crippen molar-refractivity contribution < 1.29 is 9.47 Å². The maximum atomic E-state index is 6.99. The number of pyridine rings is 2. The topological polar surface area (TPSA) is 61.5 Å². The van der Waals surface area contributed by atoms with Gasteiger partial charge in [0.2, 0.25) is 5.90 Å². The van der Waals surface area contributed by atoms with Crippen molar-refractivity contribution in [1.29, 1.82) is 0 Å². The number of aliphatic imine (C=N–C) groups is 1. The van der Waals surface area contributed by atoms with Crippen molar-refractivity contribution in [2.75, 3.05) is 0 Å². The molecule has 6 heteroatoms. The summed E-state index contributed by atoms with van der Waals surface area (Å²) in [6.45, 7) is 13.2. The van der Waals surface area contributed by atoms with Crippen LogP contribution in [0, 0.1) is 13.8 Å². The molecular weight excluding hydrogens is 701 g/mol. The molecule has 0 amide bonds. The van der Waals surface area contributed by atoms with Crippen molar-refractivity contribution in [3.05, 3.63) is 185 Å². The molecule has 0 saturated heterocycles. The lowest BCUT2D eigenvalue weighted by molar-refractivity contribution is 0.0916. The van der Waals surface area contributed by atoms with E-state index >= 15 is 0 Å². The van der Waals surface area contributed by atoms with Crippen LogP contribution in [0.3, 0.4) is 0 Å². The Labute approximate surface area is 333 Å². The molecule has 0 saturated carbocycles. The molecule has 0 spiro atoms. The molecule has 1 atom stereocenters. The predicted octanol–water partition coefficient (Wildman–Crippen LogP) is 12.0. The monoisotopic (exact) mass is 744 g/mol. The Balaban J connectivity index is 1.11. The molecule has 0 bridgehead atoms. The molecule has 2 aliphatic heterocycles. The molecule has 5 aromatic carbocycles. The van der Waals surface area contributed by atoms with Crippen LogP contribution in [0.5, 0.6) is 11.5 Å². The molecule has 8 aromatic rings. The van der Waals surface area contributed by atoms with Gasteiger partial charge in [0.15, 0.2) is 0 Å². The normalized spacial score (nSPS) is 16.4. The Morgan fingerprint density at radius 2 is 1.40 bits per heavy atom. The van der Waals surface area contributed by atoms with Crippen molar-refractivity contribution in [2.24, 2.45) is 4.99 Å². The first-order chi connectivity index (χ1) is 27.6. The molecule has 5 heterocycles. The molecule has 280 valence electrons. The zero-order chi connectivity index (χ0) is 39.1. The minimum atomic E-state index is -0.594. The largest absolute Gasteiger partial charge is 0.469 e. The number of nitrogens with zero attached hydrogens (tertiary/aromatic N) is 4. The number of fused-ring (bicyclic) bond motifs is 5. The van der Waals surface area contributed by atoms with Gasteiger partial charge < -0.3 is 9.47 Å². The van der Waals surface area contributed by atoms with Crippen molar-refractivity contribution >= 4 is 27.8 Å². The van der Waals surface area contributed by atoms with E-state index in [4.69, 9.17) is 24.4 Å². The van der Waals surface area contributed by atoms with Crippen LogP contribution in [0.4, 0.5) is 0 Å². The minimum Gasteiger partial charge on any atom is -0.469 e. The van der Waals surface area contributed by atoms with Gasteiger partial charge in [-0.3, -0.25) is 9.55 Å². The van der Waals surface area contributed by atoms with Gasteiger partial charge in [0.1, 0.15) is 28.8 Å². The molecule has 0 unspecified atom stereocenters. The smallest absolute Gasteiger partial charge is 0.217 e. The van der Waals surface area contributed by atoms with Gasteiger partial charge in [0, 0.05) is 51.7 Å². The summed E-state index contributed by atoms with van der Waals surface area (Å²) < 4.78 is 16.2. The van der Waals surface area contributed by atoms with Gasteiger partial charge in [-0.25, -0.2) is 9.98 Å². The number of benzene rings is 5. The summed E-state index contributed by atoms with van der Waals surface area (Å²) in [4.78, 5) is 15.2. The van der Waals surface area contributed by atoms with Gasteiger partial charge >= 0.3 is 0 Å². The summed E-state index contributed by atoms with van der Waals surface area (Å²) in [5.74, 6) is 2.04. The first-order valence-electron chi connectivity index (χ1n) is 19.7. The predicted molar refractivity (Wildman–Crippen MR) is 230 cm³/mol. The van der Waals surface area contributed by atoms with Gasteiger partial charge in [-0.05, 0) is 104 Å². The van der Waals surface area contributed by atoms with Gasteiger partial charge in [-0.2, -0.15) is 0 Å². The number of hydrogen-bond donors (Lipinski definition) is 0. The van der Waals surface area contributed by atoms with Crippen LogP contribution in [-0.2, 0) is 10.2 Å². The lowest BCUT2D eigenvalue weighted by Gasteiger charge is -2.35. The highest BCUT2D eigenvalue weighted by molar-refractivity contribution is 6.10. The van der Waals surface area contributed by atoms with Crippen LogP contribution < -0.4 is 4.74 Å². The number of aryl methyl sites for hydroxylation is 2. The first kappa shape index (κ1) is 34.9. The molecule has 0 N–H and O–H groups in total. The van der Waals surface area contributed by atoms with E-state index in [1.54, 1.807) is 0 Å². The third kappa shape index (κ3) is 5.73. The van der Waals surface area contributed by atoms with Crippen LogP contribution in [0.2, 0.25) is 0 Å². The Morgan fingerprint density at radius 1 is 0.684 bits per heavy atom. The second kappa shape index (κ2) is 13.0. The number of ether oxygens (including phenoxy) is 2. The molecule has 0 fully saturated rings. The van der Waals surface area contributed by atoms with Gasteiger partial charge in [0.05, 0.1) is 16.9 Å². The van der Waals surface area contributed by atoms with Crippen molar-refractivity contribution in [3.8, 4) is 28.4 Å². The molecule has 2 aliphatic rings. The highest BCUT2D eigenvalue weighted by Crippen LogP contribution is 2.49. The van der Waals surface area contributed by atoms with Crippen molar-refractivity contribution in [3.63, 3.8) is 0 Å². The van der Waals surface area contributed by atoms with Crippen LogP contribution in [0.15, 0.2) is 151 Å². The fourth-order valence-electron chi connectivity index (χ4n) is 9.10. The number of aromatic nitrogens is 3. The maximum absolute atomic E-state index is 6.99. The van der Waals surface area contributed by atoms with Crippen molar-refractivity contribution in [1.82, 2.24) is 14.5 Å². The van der Waals surface area contributed by atoms with Crippen LogP contribution in [-0.4, -0.2) is 32.1 Å². The standard InChI is InChI=1S/C51H44N4O2/c1-31-24-39-38-20-15-21-40-46(38)55(48(39)53-30-31)43-29-44(32(2)25-41(43)50(40,3)4)56-37-27-35(42-22-13-14-23-52-42)26-36(28-37)49-54-47(51(5,6)57-49)45(33-16-9-7-10-17-33)34-18-11-8-12-19-34/h7-30,45,47H,1-6H3/t47-/m1/s1. The number of rotatable bonds is 7. The van der Waals surface area contributed by atoms with E-state index in [1.807, 2.05) is 30.6 Å². The number of hydrogen-bond acceptors (Lipinski definition) is 5. The molecular formula is C51H44N4O2. The lowest BCUT2D eigenvalue weighted by Crippen LogP contribution is -2.38. The molecule has 10 rings (SSSR count). The van der Waals surface area contributed by atoms with Crippen LogP contribution >= 0.6 is 0 Å². The summed E-state index contributed by atoms with van der Waals surface area (Å²) in [5, 5.41) is 2.38. The Kier molecular flexibility index (Phi) is 7.98. The first-order valence-corrected chi connectivity index (χ1v) is 19.7. The fraction of sp³-hybridized carbons (Fsp3) is 0.196. The van der Waals surface area contributed by atoms with Gasteiger partial charge in [-0.1, -0.05) is 98.8 Å². The van der Waals surface area contributed by atoms with Gasteiger partial charge in [0.25, 0.3) is 0 Å². The van der Waals surface area contributed by atoms with E-state index < -0.39 is 5.60 Å². The highest BCUT2D eigenvalue weighted by atomic mass is 16.5.